The summed E-state index contributed by atoms with van der Waals surface area (Å²) in [7, 11) is 0. The zero-order chi connectivity index (χ0) is 10.8. The number of rotatable bonds is 3. The van der Waals surface area contributed by atoms with Crippen LogP contribution in [-0.2, 0) is 9.59 Å². The topological polar surface area (TPSA) is 40.6 Å². The van der Waals surface area contributed by atoms with E-state index in [1.165, 1.54) is 12.8 Å². The summed E-state index contributed by atoms with van der Waals surface area (Å²) in [6, 6.07) is 0.509. The van der Waals surface area contributed by atoms with Crippen molar-refractivity contribution in [3.05, 3.63) is 0 Å². The van der Waals surface area contributed by atoms with E-state index in [4.69, 9.17) is 0 Å². The first-order chi connectivity index (χ1) is 7.16. The third kappa shape index (κ3) is 2.78. The van der Waals surface area contributed by atoms with Crippen molar-refractivity contribution in [1.82, 2.24) is 9.80 Å². The molecule has 4 heteroatoms. The molecule has 0 aromatic carbocycles. The fraction of sp³-hybridized carbons (Fsp3) is 0.818. The lowest BCUT2D eigenvalue weighted by Crippen LogP contribution is -2.35. The monoisotopic (exact) mass is 210 g/mol. The van der Waals surface area contributed by atoms with Crippen LogP contribution < -0.4 is 0 Å². The molecule has 0 bridgehead atoms. The molecule has 0 unspecified atom stereocenters. The van der Waals surface area contributed by atoms with Crippen molar-refractivity contribution >= 4 is 11.7 Å². The van der Waals surface area contributed by atoms with Crippen LogP contribution in [0.2, 0.25) is 0 Å². The molecule has 1 amide bonds. The molecule has 2 rings (SSSR count). The lowest BCUT2D eigenvalue weighted by atomic mass is 10.3. The number of nitrogens with zero attached hydrogens (tertiary/aromatic N) is 2. The van der Waals surface area contributed by atoms with Gasteiger partial charge in [0.05, 0.1) is 6.54 Å². The predicted molar refractivity (Wildman–Crippen MR) is 56.5 cm³/mol. The second kappa shape index (κ2) is 4.31. The van der Waals surface area contributed by atoms with E-state index in [1.807, 2.05) is 4.90 Å². The van der Waals surface area contributed by atoms with E-state index < -0.39 is 0 Å². The Morgan fingerprint density at radius 3 is 2.67 bits per heavy atom. The Labute approximate surface area is 90.2 Å². The van der Waals surface area contributed by atoms with E-state index >= 15 is 0 Å². The summed E-state index contributed by atoms with van der Waals surface area (Å²) >= 11 is 0. The van der Waals surface area contributed by atoms with Crippen molar-refractivity contribution in [2.24, 2.45) is 0 Å². The maximum absolute atomic E-state index is 11.7. The van der Waals surface area contributed by atoms with Crippen LogP contribution in [0.1, 0.15) is 26.2 Å². The van der Waals surface area contributed by atoms with E-state index in [9.17, 15) is 9.59 Å². The van der Waals surface area contributed by atoms with Crippen molar-refractivity contribution in [2.75, 3.05) is 26.2 Å². The first-order valence-corrected chi connectivity index (χ1v) is 5.68. The number of ketones is 1. The summed E-state index contributed by atoms with van der Waals surface area (Å²) < 4.78 is 0. The highest BCUT2D eigenvalue weighted by atomic mass is 16.2. The summed E-state index contributed by atoms with van der Waals surface area (Å²) in [5.41, 5.74) is 0. The summed E-state index contributed by atoms with van der Waals surface area (Å²) in [6.45, 7) is 4.48. The normalized spacial score (nSPS) is 24.1. The molecule has 0 aromatic heterocycles. The van der Waals surface area contributed by atoms with Gasteiger partial charge in [0.25, 0.3) is 0 Å². The predicted octanol–water partition coefficient (Wildman–Crippen LogP) is 0.272. The third-order valence-electron chi connectivity index (χ3n) is 3.05. The standard InChI is InChI=1S/C11H18N2O2/c1-9(14)8-12-5-4-11(15)13(7-6-12)10-2-3-10/h10H,2-8H2,1H3. The summed E-state index contributed by atoms with van der Waals surface area (Å²) in [4.78, 5) is 26.8. The summed E-state index contributed by atoms with van der Waals surface area (Å²) in [5.74, 6) is 0.450. The molecule has 1 saturated carbocycles. The number of hydrogen-bond donors (Lipinski definition) is 0. The molecule has 0 N–H and O–H groups in total. The highest BCUT2D eigenvalue weighted by Gasteiger charge is 2.33. The quantitative estimate of drug-likeness (QED) is 0.671. The van der Waals surface area contributed by atoms with Crippen LogP contribution in [-0.4, -0.2) is 53.7 Å². The van der Waals surface area contributed by atoms with Crippen molar-refractivity contribution in [3.8, 4) is 0 Å². The van der Waals surface area contributed by atoms with Gasteiger partial charge in [-0.15, -0.1) is 0 Å². The lowest BCUT2D eigenvalue weighted by molar-refractivity contribution is -0.131. The molecule has 1 aliphatic carbocycles. The van der Waals surface area contributed by atoms with Crippen LogP contribution in [0, 0.1) is 0 Å². The number of amides is 1. The van der Waals surface area contributed by atoms with E-state index in [0.717, 1.165) is 19.6 Å². The van der Waals surface area contributed by atoms with E-state index in [0.29, 0.717) is 19.0 Å². The van der Waals surface area contributed by atoms with Crippen LogP contribution in [0.4, 0.5) is 0 Å². The first-order valence-electron chi connectivity index (χ1n) is 5.68. The van der Waals surface area contributed by atoms with Crippen molar-refractivity contribution in [1.29, 1.82) is 0 Å². The Morgan fingerprint density at radius 1 is 1.33 bits per heavy atom. The molecular weight excluding hydrogens is 192 g/mol. The fourth-order valence-electron chi connectivity index (χ4n) is 2.13. The van der Waals surface area contributed by atoms with E-state index in [1.54, 1.807) is 6.92 Å². The Balaban J connectivity index is 1.89. The van der Waals surface area contributed by atoms with Crippen LogP contribution in [0.5, 0.6) is 0 Å². The number of carbonyl (C=O) groups is 2. The van der Waals surface area contributed by atoms with Crippen molar-refractivity contribution in [2.45, 2.75) is 32.2 Å². The second-order valence-electron chi connectivity index (χ2n) is 4.55. The Hall–Kier alpha value is -0.900. The highest BCUT2D eigenvalue weighted by Crippen LogP contribution is 2.27. The van der Waals surface area contributed by atoms with Gasteiger partial charge in [-0.2, -0.15) is 0 Å². The average molecular weight is 210 g/mol. The molecule has 1 aliphatic heterocycles. The minimum Gasteiger partial charge on any atom is -0.338 e. The zero-order valence-electron chi connectivity index (χ0n) is 9.24. The molecule has 2 aliphatic rings. The Bertz CT molecular complexity index is 274. The minimum atomic E-state index is 0.183. The Morgan fingerprint density at radius 2 is 2.07 bits per heavy atom. The van der Waals surface area contributed by atoms with Crippen LogP contribution >= 0.6 is 0 Å². The molecule has 0 atom stereocenters. The van der Waals surface area contributed by atoms with Gasteiger partial charge >= 0.3 is 0 Å². The fourth-order valence-corrected chi connectivity index (χ4v) is 2.13. The van der Waals surface area contributed by atoms with Gasteiger partial charge in [-0.3, -0.25) is 14.5 Å². The highest BCUT2D eigenvalue weighted by molar-refractivity contribution is 5.79. The molecular formula is C11H18N2O2. The molecule has 0 radical (unpaired) electrons. The van der Waals surface area contributed by atoms with Gasteiger partial charge in [0, 0.05) is 32.1 Å². The lowest BCUT2D eigenvalue weighted by Gasteiger charge is -2.20. The number of hydrogen-bond acceptors (Lipinski definition) is 3. The number of Topliss-reactive ketones (excluding diaryl/α,β-unsaturated/α-hetero) is 1. The van der Waals surface area contributed by atoms with Gasteiger partial charge in [0.1, 0.15) is 5.78 Å². The van der Waals surface area contributed by atoms with Crippen LogP contribution in [0.15, 0.2) is 0 Å². The molecule has 84 valence electrons. The molecule has 15 heavy (non-hydrogen) atoms. The molecule has 2 fully saturated rings. The van der Waals surface area contributed by atoms with Gasteiger partial charge in [-0.05, 0) is 19.8 Å². The average Bonchev–Trinajstić information content (AvgIpc) is 2.95. The van der Waals surface area contributed by atoms with Gasteiger partial charge in [0.2, 0.25) is 5.91 Å². The van der Waals surface area contributed by atoms with Gasteiger partial charge in [-0.25, -0.2) is 0 Å². The SMILES string of the molecule is CC(=O)CN1CCC(=O)N(C2CC2)CC1. The molecule has 1 heterocycles. The zero-order valence-corrected chi connectivity index (χ0v) is 9.24. The minimum absolute atomic E-state index is 0.183. The smallest absolute Gasteiger partial charge is 0.224 e. The van der Waals surface area contributed by atoms with E-state index in [-0.39, 0.29) is 11.7 Å². The third-order valence-corrected chi connectivity index (χ3v) is 3.05. The summed E-state index contributed by atoms with van der Waals surface area (Å²) in [5, 5.41) is 0. The molecule has 4 nitrogen and oxygen atoms in total. The second-order valence-corrected chi connectivity index (χ2v) is 4.55. The van der Waals surface area contributed by atoms with Gasteiger partial charge < -0.3 is 4.90 Å². The van der Waals surface area contributed by atoms with Crippen LogP contribution in [0.25, 0.3) is 0 Å². The number of carbonyl (C=O) groups excluding carboxylic acids is 2. The maximum Gasteiger partial charge on any atom is 0.224 e. The molecule has 0 spiro atoms. The van der Waals surface area contributed by atoms with Crippen LogP contribution in [0.3, 0.4) is 0 Å². The first kappa shape index (κ1) is 10.6. The van der Waals surface area contributed by atoms with Crippen molar-refractivity contribution in [3.63, 3.8) is 0 Å². The Kier molecular flexibility index (Phi) is 3.05. The van der Waals surface area contributed by atoms with Gasteiger partial charge in [0.15, 0.2) is 0 Å². The summed E-state index contributed by atoms with van der Waals surface area (Å²) in [6.07, 6.45) is 2.90. The largest absolute Gasteiger partial charge is 0.338 e. The molecule has 0 aromatic rings. The van der Waals surface area contributed by atoms with Crippen molar-refractivity contribution < 1.29 is 9.59 Å². The van der Waals surface area contributed by atoms with E-state index in [2.05, 4.69) is 4.90 Å². The maximum atomic E-state index is 11.7. The molecule has 1 saturated heterocycles. The van der Waals surface area contributed by atoms with Gasteiger partial charge in [-0.1, -0.05) is 0 Å².